The number of aliphatic hydroxyl groups excluding tert-OH is 3. The first kappa shape index (κ1) is 31.7. The lowest BCUT2D eigenvalue weighted by Gasteiger charge is -2.47. The van der Waals surface area contributed by atoms with Crippen LogP contribution in [0.4, 0.5) is 18.9 Å². The van der Waals surface area contributed by atoms with Gasteiger partial charge in [-0.05, 0) is 61.2 Å². The zero-order valence-corrected chi connectivity index (χ0v) is 23.5. The van der Waals surface area contributed by atoms with E-state index < -0.39 is 47.2 Å². The zero-order valence-electron chi connectivity index (χ0n) is 22.7. The second-order valence-corrected chi connectivity index (χ2v) is 11.9. The van der Waals surface area contributed by atoms with Crippen molar-refractivity contribution >= 4 is 34.3 Å². The average Bonchev–Trinajstić information content (AvgIpc) is 3.25. The van der Waals surface area contributed by atoms with Gasteiger partial charge in [-0.2, -0.15) is 0 Å². The lowest BCUT2D eigenvalue weighted by Crippen LogP contribution is -2.57. The van der Waals surface area contributed by atoms with Crippen LogP contribution in [-0.2, 0) is 4.79 Å². The van der Waals surface area contributed by atoms with Gasteiger partial charge in [0.05, 0.1) is 12.1 Å². The first-order valence-electron chi connectivity index (χ1n) is 13.0. The fourth-order valence-corrected chi connectivity index (χ4v) is 6.17. The van der Waals surface area contributed by atoms with Gasteiger partial charge in [0.1, 0.15) is 18.2 Å². The molecular formula is C27H33F3N4O7S. The van der Waals surface area contributed by atoms with Gasteiger partial charge in [-0.3, -0.25) is 13.9 Å². The number of aryl methyl sites for hydroxylation is 1. The van der Waals surface area contributed by atoms with Crippen LogP contribution in [0.2, 0.25) is 0 Å². The lowest BCUT2D eigenvalue weighted by atomic mass is 9.87. The van der Waals surface area contributed by atoms with Crippen molar-refractivity contribution in [3.63, 3.8) is 0 Å². The lowest BCUT2D eigenvalue weighted by molar-refractivity contribution is -0.274. The summed E-state index contributed by atoms with van der Waals surface area (Å²) in [6.45, 7) is 1.18. The van der Waals surface area contributed by atoms with Crippen LogP contribution in [0.15, 0.2) is 52.9 Å². The number of nitrogens with zero attached hydrogens (tertiary/aromatic N) is 3. The summed E-state index contributed by atoms with van der Waals surface area (Å²) in [5, 5.41) is 33.6. The smallest absolute Gasteiger partial charge is 0.406 e. The number of amides is 1. The fraction of sp³-hybridized carbons (Fsp3) is 0.407. The molecule has 230 valence electrons. The Kier molecular flexibility index (Phi) is 9.52. The number of carbonyl (C=O) groups excluding carboxylic acids is 1. The van der Waals surface area contributed by atoms with Crippen LogP contribution in [0.25, 0.3) is 6.08 Å². The van der Waals surface area contributed by atoms with E-state index in [1.54, 1.807) is 37.3 Å². The number of ether oxygens (including phenoxy) is 1. The quantitative estimate of drug-likeness (QED) is 0.250. The normalized spacial score (nSPS) is 19.5. The van der Waals surface area contributed by atoms with E-state index in [4.69, 9.17) is 0 Å². The molecule has 1 unspecified atom stereocenters. The molecule has 1 saturated heterocycles. The Labute approximate surface area is 242 Å². The molecule has 2 heterocycles. The molecule has 2 aliphatic heterocycles. The number of anilines is 1. The maximum absolute atomic E-state index is 12.6. The number of hydrogen-bond acceptors (Lipinski definition) is 10. The van der Waals surface area contributed by atoms with E-state index in [1.807, 2.05) is 0 Å². The number of amidine groups is 1. The number of rotatable bonds is 9. The van der Waals surface area contributed by atoms with E-state index in [1.165, 1.54) is 26.7 Å². The van der Waals surface area contributed by atoms with Crippen LogP contribution in [0, 0.1) is 6.92 Å². The van der Waals surface area contributed by atoms with Crippen LogP contribution in [0.3, 0.4) is 0 Å². The van der Waals surface area contributed by atoms with Crippen LogP contribution in [0.5, 0.6) is 5.75 Å². The summed E-state index contributed by atoms with van der Waals surface area (Å²) >= 11 is 0. The van der Waals surface area contributed by atoms with Crippen LogP contribution < -0.4 is 15.0 Å². The molecule has 42 heavy (non-hydrogen) atoms. The molecule has 1 atom stereocenters. The molecule has 1 fully saturated rings. The standard InChI is InChI=1S/C27H33F3N4O7S/c1-18-15-21(34(12-13-35)23(37)17-36)6-5-19(18)7-14-42(39,40)33-10-8-26(9-11-33)25(38)31-24(32-26)20-3-2-4-22(16-20)41-27(28,29)30/h2-7,14-16,25,35-36,38-40H,8-13,17H2,1H3,(H,31,32)/b14-7+. The Hall–Kier alpha value is -3.18. The van der Waals surface area contributed by atoms with Gasteiger partial charge in [-0.25, -0.2) is 9.30 Å². The largest absolute Gasteiger partial charge is 0.573 e. The molecule has 4 rings (SSSR count). The van der Waals surface area contributed by atoms with Crippen molar-refractivity contribution in [2.24, 2.45) is 4.99 Å². The van der Waals surface area contributed by atoms with Gasteiger partial charge in [0, 0.05) is 36.3 Å². The number of aliphatic imine (C=N–C) groups is 1. The number of halogens is 3. The predicted octanol–water partition coefficient (Wildman–Crippen LogP) is 3.05. The van der Waals surface area contributed by atoms with Crippen LogP contribution >= 0.6 is 10.8 Å². The van der Waals surface area contributed by atoms with E-state index in [0.29, 0.717) is 16.8 Å². The van der Waals surface area contributed by atoms with E-state index in [0.717, 1.165) is 11.6 Å². The second-order valence-electron chi connectivity index (χ2n) is 9.97. The molecule has 15 heteroatoms. The number of carbonyl (C=O) groups is 1. The van der Waals surface area contributed by atoms with Crippen molar-refractivity contribution < 1.29 is 47.1 Å². The van der Waals surface area contributed by atoms with E-state index in [2.05, 4.69) is 15.0 Å². The summed E-state index contributed by atoms with van der Waals surface area (Å²) in [7, 11) is -3.35. The third-order valence-corrected chi connectivity index (χ3v) is 8.83. The van der Waals surface area contributed by atoms with E-state index >= 15 is 0 Å². The van der Waals surface area contributed by atoms with Crippen molar-refractivity contribution in [2.45, 2.75) is 37.9 Å². The first-order valence-corrected chi connectivity index (χ1v) is 14.6. The van der Waals surface area contributed by atoms with Crippen LogP contribution in [0.1, 0.15) is 29.5 Å². The Bertz CT molecular complexity index is 1350. The highest BCUT2D eigenvalue weighted by Gasteiger charge is 2.47. The van der Waals surface area contributed by atoms with Gasteiger partial charge >= 0.3 is 6.36 Å². The highest BCUT2D eigenvalue weighted by molar-refractivity contribution is 8.24. The number of benzene rings is 2. The molecule has 2 aromatic rings. The molecule has 0 aliphatic carbocycles. The Balaban J connectivity index is 1.40. The highest BCUT2D eigenvalue weighted by Crippen LogP contribution is 2.48. The summed E-state index contributed by atoms with van der Waals surface area (Å²) in [5.74, 6) is -0.763. The molecule has 1 amide bonds. The van der Waals surface area contributed by atoms with Gasteiger partial charge in [-0.1, -0.05) is 18.2 Å². The van der Waals surface area contributed by atoms with Crippen molar-refractivity contribution in [1.82, 2.24) is 9.62 Å². The van der Waals surface area contributed by atoms with E-state index in [9.17, 15) is 42.4 Å². The zero-order chi connectivity index (χ0) is 30.7. The van der Waals surface area contributed by atoms with Gasteiger partial charge in [0.25, 0.3) is 5.91 Å². The Morgan fingerprint density at radius 2 is 1.93 bits per heavy atom. The monoisotopic (exact) mass is 614 g/mol. The highest BCUT2D eigenvalue weighted by atomic mass is 32.3. The minimum Gasteiger partial charge on any atom is -0.406 e. The minimum atomic E-state index is -4.85. The Morgan fingerprint density at radius 1 is 1.21 bits per heavy atom. The maximum atomic E-state index is 12.6. The maximum Gasteiger partial charge on any atom is 0.573 e. The second kappa shape index (κ2) is 12.6. The summed E-state index contributed by atoms with van der Waals surface area (Å²) in [6.07, 6.45) is -3.93. The molecule has 2 aliphatic rings. The molecule has 1 spiro atoms. The topological polar surface area (TPSA) is 158 Å². The summed E-state index contributed by atoms with van der Waals surface area (Å²) in [5.41, 5.74) is 1.25. The molecule has 0 radical (unpaired) electrons. The first-order chi connectivity index (χ1) is 19.8. The summed E-state index contributed by atoms with van der Waals surface area (Å²) < 4.78 is 65.2. The molecule has 0 bridgehead atoms. The molecule has 11 nitrogen and oxygen atoms in total. The van der Waals surface area contributed by atoms with Crippen molar-refractivity contribution in [2.75, 3.05) is 37.7 Å². The SMILES string of the molecule is Cc1cc(N(CCO)C(=O)CO)ccc1/C=C/S(O)(O)N1CCC2(CC1)NC(c1cccc(OC(F)(F)F)c1)=NC2O. The molecular weight excluding hydrogens is 581 g/mol. The van der Waals surface area contributed by atoms with Gasteiger partial charge in [0.15, 0.2) is 6.23 Å². The Morgan fingerprint density at radius 3 is 2.55 bits per heavy atom. The van der Waals surface area contributed by atoms with Gasteiger partial charge < -0.3 is 30.3 Å². The minimum absolute atomic E-state index is 0.0138. The number of hydrogen-bond donors (Lipinski definition) is 6. The third kappa shape index (κ3) is 7.23. The third-order valence-electron chi connectivity index (χ3n) is 7.20. The number of nitrogens with one attached hydrogen (secondary N) is 1. The molecule has 0 saturated carbocycles. The van der Waals surface area contributed by atoms with Crippen molar-refractivity contribution in [3.8, 4) is 5.75 Å². The molecule has 6 N–H and O–H groups in total. The van der Waals surface area contributed by atoms with Gasteiger partial charge in [0.2, 0.25) is 0 Å². The molecule has 2 aromatic carbocycles. The van der Waals surface area contributed by atoms with Crippen molar-refractivity contribution in [1.29, 1.82) is 0 Å². The summed E-state index contributed by atoms with van der Waals surface area (Å²) in [6, 6.07) is 10.3. The van der Waals surface area contributed by atoms with Crippen molar-refractivity contribution in [3.05, 3.63) is 64.6 Å². The average molecular weight is 615 g/mol. The molecule has 0 aromatic heterocycles. The number of aliphatic hydroxyl groups is 3. The van der Waals surface area contributed by atoms with Crippen LogP contribution in [-0.4, -0.2) is 91.5 Å². The summed E-state index contributed by atoms with van der Waals surface area (Å²) in [4.78, 5) is 17.5. The van der Waals surface area contributed by atoms with E-state index in [-0.39, 0.29) is 44.9 Å². The predicted molar refractivity (Wildman–Crippen MR) is 152 cm³/mol. The number of piperidine rings is 1. The fourth-order valence-electron chi connectivity index (χ4n) is 4.95. The number of alkyl halides is 3. The van der Waals surface area contributed by atoms with Gasteiger partial charge in [-0.15, -0.1) is 23.9 Å².